The summed E-state index contributed by atoms with van der Waals surface area (Å²) in [6, 6.07) is 26.4. The number of methoxy groups -OCH3 is 1. The van der Waals surface area contributed by atoms with Crippen molar-refractivity contribution in [1.82, 2.24) is 0 Å². The number of ether oxygens (including phenoxy) is 2. The van der Waals surface area contributed by atoms with Crippen LogP contribution in [0.1, 0.15) is 11.3 Å². The van der Waals surface area contributed by atoms with Crippen LogP contribution in [-0.4, -0.2) is 23.9 Å². The van der Waals surface area contributed by atoms with E-state index in [2.05, 4.69) is 9.44 Å². The van der Waals surface area contributed by atoms with Crippen LogP contribution in [0.25, 0.3) is 11.0 Å². The topological polar surface area (TPSA) is 124 Å². The lowest BCUT2D eigenvalue weighted by Gasteiger charge is -2.16. The molecule has 0 atom stereocenters. The highest BCUT2D eigenvalue weighted by atomic mass is 32.2. The number of benzene rings is 4. The molecule has 1 heterocycles. The SMILES string of the molecule is COc1ccc(Oc2ccc(NS(=O)(=O)Cc3cc4ccccc4o3)c(NS(=O)(=O)c3ccc(C)cc3)c2)cc1. The lowest BCUT2D eigenvalue weighted by Crippen LogP contribution is -2.18. The number of nitrogens with one attached hydrogen (secondary N) is 2. The van der Waals surface area contributed by atoms with E-state index in [1.165, 1.54) is 30.3 Å². The summed E-state index contributed by atoms with van der Waals surface area (Å²) in [7, 11) is -6.50. The minimum atomic E-state index is -4.06. The third-order valence-electron chi connectivity index (χ3n) is 5.94. The van der Waals surface area contributed by atoms with Crippen molar-refractivity contribution in [1.29, 1.82) is 0 Å². The summed E-state index contributed by atoms with van der Waals surface area (Å²) in [4.78, 5) is 0.0238. The van der Waals surface area contributed by atoms with E-state index >= 15 is 0 Å². The van der Waals surface area contributed by atoms with Gasteiger partial charge in [0.1, 0.15) is 34.3 Å². The van der Waals surface area contributed by atoms with Gasteiger partial charge in [-0.05, 0) is 67.6 Å². The van der Waals surface area contributed by atoms with Crippen molar-refractivity contribution in [3.8, 4) is 17.2 Å². The summed E-state index contributed by atoms with van der Waals surface area (Å²) in [6.07, 6.45) is 0. The Kier molecular flexibility index (Phi) is 7.42. The molecule has 0 radical (unpaired) electrons. The summed E-state index contributed by atoms with van der Waals surface area (Å²) in [5.41, 5.74) is 1.47. The number of furan rings is 1. The number of sulfonamides is 2. The van der Waals surface area contributed by atoms with Gasteiger partial charge in [-0.25, -0.2) is 16.8 Å². The van der Waals surface area contributed by atoms with Crippen LogP contribution in [-0.2, 0) is 25.8 Å². The average Bonchev–Trinajstić information content (AvgIpc) is 3.32. The maximum atomic E-state index is 13.2. The van der Waals surface area contributed by atoms with E-state index in [-0.39, 0.29) is 27.8 Å². The standard InChI is InChI=1S/C29H26N2O7S2/c1-20-7-14-26(15-8-20)40(34,35)31-28-18-24(37-23-11-9-22(36-2)10-12-23)13-16-27(28)30-39(32,33)19-25-17-21-5-3-4-6-29(21)38-25/h3-18,30-31H,19H2,1-2H3. The summed E-state index contributed by atoms with van der Waals surface area (Å²) in [6.45, 7) is 1.85. The van der Waals surface area contributed by atoms with E-state index < -0.39 is 25.8 Å². The Morgan fingerprint density at radius 3 is 2.10 bits per heavy atom. The lowest BCUT2D eigenvalue weighted by atomic mass is 10.2. The molecule has 0 aliphatic heterocycles. The van der Waals surface area contributed by atoms with Crippen molar-refractivity contribution >= 4 is 42.4 Å². The van der Waals surface area contributed by atoms with Crippen LogP contribution in [0.3, 0.4) is 0 Å². The van der Waals surface area contributed by atoms with Crippen molar-refractivity contribution in [2.24, 2.45) is 0 Å². The number of aryl methyl sites for hydroxylation is 1. The number of rotatable bonds is 10. The lowest BCUT2D eigenvalue weighted by molar-refractivity contribution is 0.413. The van der Waals surface area contributed by atoms with E-state index in [1.54, 1.807) is 61.7 Å². The first-order valence-electron chi connectivity index (χ1n) is 12.1. The van der Waals surface area contributed by atoms with Gasteiger partial charge in [0.25, 0.3) is 10.0 Å². The highest BCUT2D eigenvalue weighted by molar-refractivity contribution is 7.93. The van der Waals surface area contributed by atoms with E-state index in [0.717, 1.165) is 10.9 Å². The second-order valence-electron chi connectivity index (χ2n) is 9.02. The molecule has 0 saturated carbocycles. The van der Waals surface area contributed by atoms with Gasteiger partial charge >= 0.3 is 0 Å². The zero-order valence-corrected chi connectivity index (χ0v) is 23.3. The van der Waals surface area contributed by atoms with Gasteiger partial charge in [0.15, 0.2) is 0 Å². The van der Waals surface area contributed by atoms with Crippen LogP contribution in [0.2, 0.25) is 0 Å². The second-order valence-corrected chi connectivity index (χ2v) is 12.4. The normalized spacial score (nSPS) is 11.8. The molecule has 0 unspecified atom stereocenters. The second kappa shape index (κ2) is 10.9. The Balaban J connectivity index is 1.45. The highest BCUT2D eigenvalue weighted by Crippen LogP contribution is 2.33. The summed E-state index contributed by atoms with van der Waals surface area (Å²) in [5, 5.41) is 0.777. The van der Waals surface area contributed by atoms with Crippen LogP contribution < -0.4 is 18.9 Å². The molecule has 9 nitrogen and oxygen atoms in total. The number of hydrogen-bond acceptors (Lipinski definition) is 7. The molecule has 0 aliphatic carbocycles. The molecule has 1 aromatic heterocycles. The van der Waals surface area contributed by atoms with Gasteiger partial charge in [-0.15, -0.1) is 0 Å². The fraction of sp³-hybridized carbons (Fsp3) is 0.103. The largest absolute Gasteiger partial charge is 0.497 e. The van der Waals surface area contributed by atoms with Crippen LogP contribution in [0.4, 0.5) is 11.4 Å². The molecule has 11 heteroatoms. The average molecular weight is 579 g/mol. The molecule has 0 bridgehead atoms. The molecule has 0 saturated heterocycles. The molecule has 0 amide bonds. The quantitative estimate of drug-likeness (QED) is 0.200. The van der Waals surface area contributed by atoms with Crippen LogP contribution in [0.15, 0.2) is 106 Å². The highest BCUT2D eigenvalue weighted by Gasteiger charge is 2.21. The Morgan fingerprint density at radius 2 is 1.40 bits per heavy atom. The minimum absolute atomic E-state index is 0.0141. The van der Waals surface area contributed by atoms with Crippen LogP contribution in [0, 0.1) is 6.92 Å². The number of para-hydroxylation sites is 1. The molecular formula is C29H26N2O7S2. The third-order valence-corrected chi connectivity index (χ3v) is 8.51. The predicted octanol–water partition coefficient (Wildman–Crippen LogP) is 6.28. The Morgan fingerprint density at radius 1 is 0.725 bits per heavy atom. The van der Waals surface area contributed by atoms with Crippen molar-refractivity contribution in [3.05, 3.63) is 108 Å². The van der Waals surface area contributed by atoms with Crippen molar-refractivity contribution in [2.45, 2.75) is 17.6 Å². The molecule has 5 aromatic rings. The summed E-state index contributed by atoms with van der Waals surface area (Å²) < 4.78 is 74.3. The van der Waals surface area contributed by atoms with Gasteiger partial charge in [-0.1, -0.05) is 35.9 Å². The number of fused-ring (bicyclic) bond motifs is 1. The van der Waals surface area contributed by atoms with Gasteiger partial charge in [0.05, 0.1) is 23.4 Å². The van der Waals surface area contributed by atoms with Crippen molar-refractivity contribution < 1.29 is 30.7 Å². The van der Waals surface area contributed by atoms with Gasteiger partial charge in [0.2, 0.25) is 10.0 Å². The van der Waals surface area contributed by atoms with Gasteiger partial charge in [-0.3, -0.25) is 9.44 Å². The first-order valence-corrected chi connectivity index (χ1v) is 15.3. The summed E-state index contributed by atoms with van der Waals surface area (Å²) in [5.74, 6) is 1.21. The van der Waals surface area contributed by atoms with E-state index in [4.69, 9.17) is 13.9 Å². The maximum absolute atomic E-state index is 13.2. The Labute approximate surface area is 232 Å². The fourth-order valence-electron chi connectivity index (χ4n) is 3.96. The molecule has 206 valence electrons. The molecule has 5 rings (SSSR count). The Bertz CT molecular complexity index is 1830. The van der Waals surface area contributed by atoms with E-state index in [9.17, 15) is 16.8 Å². The minimum Gasteiger partial charge on any atom is -0.497 e. The molecule has 4 aromatic carbocycles. The van der Waals surface area contributed by atoms with E-state index in [0.29, 0.717) is 17.1 Å². The van der Waals surface area contributed by atoms with Gasteiger partial charge in [-0.2, -0.15) is 0 Å². The van der Waals surface area contributed by atoms with Gasteiger partial charge in [0, 0.05) is 11.5 Å². The zero-order valence-electron chi connectivity index (χ0n) is 21.6. The number of anilines is 2. The predicted molar refractivity (Wildman–Crippen MR) is 154 cm³/mol. The Hall–Kier alpha value is -4.48. The zero-order chi connectivity index (χ0) is 28.3. The molecule has 40 heavy (non-hydrogen) atoms. The molecular weight excluding hydrogens is 552 g/mol. The van der Waals surface area contributed by atoms with Crippen LogP contribution >= 0.6 is 0 Å². The third kappa shape index (κ3) is 6.38. The molecule has 0 fully saturated rings. The molecule has 0 aliphatic rings. The monoisotopic (exact) mass is 578 g/mol. The first-order chi connectivity index (χ1) is 19.1. The van der Waals surface area contributed by atoms with Crippen LogP contribution in [0.5, 0.6) is 17.2 Å². The molecule has 2 N–H and O–H groups in total. The number of hydrogen-bond donors (Lipinski definition) is 2. The van der Waals surface area contributed by atoms with Gasteiger partial charge < -0.3 is 13.9 Å². The smallest absolute Gasteiger partial charge is 0.261 e. The maximum Gasteiger partial charge on any atom is 0.261 e. The van der Waals surface area contributed by atoms with E-state index in [1.807, 2.05) is 19.1 Å². The van der Waals surface area contributed by atoms with Crippen molar-refractivity contribution in [2.75, 3.05) is 16.6 Å². The fourth-order valence-corrected chi connectivity index (χ4v) is 6.13. The first kappa shape index (κ1) is 27.1. The van der Waals surface area contributed by atoms with Crippen molar-refractivity contribution in [3.63, 3.8) is 0 Å². The molecule has 0 spiro atoms. The summed E-state index contributed by atoms with van der Waals surface area (Å²) >= 11 is 0.